The van der Waals surface area contributed by atoms with E-state index < -0.39 is 23.2 Å². The summed E-state index contributed by atoms with van der Waals surface area (Å²) in [6.07, 6.45) is 1.59. The van der Waals surface area contributed by atoms with E-state index >= 15 is 0 Å². The predicted octanol–water partition coefficient (Wildman–Crippen LogP) is 5.70. The van der Waals surface area contributed by atoms with Gasteiger partial charge in [0.05, 0.1) is 28.9 Å². The largest absolute Gasteiger partial charge is 0.462 e. The van der Waals surface area contributed by atoms with Crippen LogP contribution in [0.15, 0.2) is 102 Å². The number of carbonyl (C=O) groups excluding carboxylic acids is 3. The number of ether oxygens (including phenoxy) is 1. The summed E-state index contributed by atoms with van der Waals surface area (Å²) in [5.41, 5.74) is 1.20. The summed E-state index contributed by atoms with van der Waals surface area (Å²) in [5, 5.41) is 4.84. The van der Waals surface area contributed by atoms with Crippen LogP contribution in [0.1, 0.15) is 43.6 Å². The lowest BCUT2D eigenvalue weighted by Gasteiger charge is -2.21. The molecule has 0 atom stereocenters. The minimum atomic E-state index is -0.622. The van der Waals surface area contributed by atoms with Crippen LogP contribution in [0.2, 0.25) is 0 Å². The van der Waals surface area contributed by atoms with Gasteiger partial charge in [-0.25, -0.2) is 4.79 Å². The fraction of sp³-hybridized carbons (Fsp3) is 0.0625. The lowest BCUT2D eigenvalue weighted by Crippen LogP contribution is -2.25. The number of nitrogens with one attached hydrogen (secondary N) is 1. The molecule has 0 saturated heterocycles. The first-order valence-corrected chi connectivity index (χ1v) is 12.5. The SMILES string of the molecule is CCOC(=O)c1c(NC(=O)c2ccccc2)c2cccn3c(=O)c(C(=O)c4ccccc4)c4cccc1c4c23. The zero-order chi connectivity index (χ0) is 27.1. The quantitative estimate of drug-likeness (QED) is 0.175. The van der Waals surface area contributed by atoms with E-state index in [0.717, 1.165) is 0 Å². The second kappa shape index (κ2) is 9.54. The molecule has 1 N–H and O–H groups in total. The van der Waals surface area contributed by atoms with Crippen LogP contribution in [0.25, 0.3) is 27.1 Å². The number of ketones is 1. The Kier molecular flexibility index (Phi) is 5.88. The van der Waals surface area contributed by atoms with Crippen LogP contribution >= 0.6 is 0 Å². The molecule has 2 heterocycles. The van der Waals surface area contributed by atoms with E-state index in [9.17, 15) is 19.2 Å². The molecular weight excluding hydrogens is 492 g/mol. The minimum Gasteiger partial charge on any atom is -0.462 e. The number of amides is 1. The molecule has 0 bridgehead atoms. The molecule has 0 aliphatic carbocycles. The molecule has 0 fully saturated rings. The summed E-state index contributed by atoms with van der Waals surface area (Å²) in [6, 6.07) is 25.8. The standard InChI is InChI=1S/C32H22N2O5/c1-2-39-32(38)25-21-15-9-16-22-24(21)28-23(27(25)33-30(36)20-13-7-4-8-14-20)17-10-18-34(28)31(37)26(22)29(35)19-11-5-3-6-12-19/h3-18H,2H2,1H3,(H,33,36). The predicted molar refractivity (Wildman–Crippen MR) is 150 cm³/mol. The third-order valence-corrected chi connectivity index (χ3v) is 6.80. The summed E-state index contributed by atoms with van der Waals surface area (Å²) < 4.78 is 6.84. The summed E-state index contributed by atoms with van der Waals surface area (Å²) in [7, 11) is 0. The third-order valence-electron chi connectivity index (χ3n) is 6.80. The van der Waals surface area contributed by atoms with Crippen molar-refractivity contribution >= 4 is 50.4 Å². The molecule has 0 aliphatic rings. The second-order valence-electron chi connectivity index (χ2n) is 9.03. The number of rotatable bonds is 6. The maximum absolute atomic E-state index is 13.9. The van der Waals surface area contributed by atoms with Gasteiger partial charge in [0.1, 0.15) is 0 Å². The molecule has 0 spiro atoms. The van der Waals surface area contributed by atoms with Crippen molar-refractivity contribution in [3.05, 3.63) is 130 Å². The fourth-order valence-electron chi connectivity index (χ4n) is 5.14. The van der Waals surface area contributed by atoms with Crippen LogP contribution in [0.4, 0.5) is 5.69 Å². The Labute approximate surface area is 222 Å². The highest BCUT2D eigenvalue weighted by molar-refractivity contribution is 6.30. The van der Waals surface area contributed by atoms with Gasteiger partial charge in [0.25, 0.3) is 11.5 Å². The lowest BCUT2D eigenvalue weighted by molar-refractivity contribution is 0.0530. The number of carbonyl (C=O) groups is 3. The number of nitrogens with zero attached hydrogens (tertiary/aromatic N) is 1. The zero-order valence-electron chi connectivity index (χ0n) is 20.9. The van der Waals surface area contributed by atoms with Gasteiger partial charge >= 0.3 is 5.97 Å². The van der Waals surface area contributed by atoms with E-state index in [1.165, 1.54) is 4.40 Å². The van der Waals surface area contributed by atoms with E-state index in [1.54, 1.807) is 104 Å². The summed E-state index contributed by atoms with van der Waals surface area (Å²) in [4.78, 5) is 54.2. The van der Waals surface area contributed by atoms with E-state index in [2.05, 4.69) is 5.32 Å². The van der Waals surface area contributed by atoms with Crippen LogP contribution in [-0.4, -0.2) is 28.7 Å². The van der Waals surface area contributed by atoms with Gasteiger partial charge in [-0.2, -0.15) is 0 Å². The van der Waals surface area contributed by atoms with Crippen molar-refractivity contribution in [2.75, 3.05) is 11.9 Å². The number of anilines is 1. The minimum absolute atomic E-state index is 0.00711. The first kappa shape index (κ1) is 24.1. The van der Waals surface area contributed by atoms with Gasteiger partial charge in [-0.05, 0) is 31.2 Å². The highest BCUT2D eigenvalue weighted by Gasteiger charge is 2.28. The molecule has 0 aliphatic heterocycles. The third kappa shape index (κ3) is 3.83. The van der Waals surface area contributed by atoms with Crippen LogP contribution in [0.5, 0.6) is 0 Å². The van der Waals surface area contributed by atoms with Gasteiger partial charge in [0, 0.05) is 38.9 Å². The molecule has 6 rings (SSSR count). The molecule has 7 heteroatoms. The smallest absolute Gasteiger partial charge is 0.340 e. The number of pyridine rings is 2. The fourth-order valence-corrected chi connectivity index (χ4v) is 5.14. The van der Waals surface area contributed by atoms with Gasteiger partial charge in [-0.3, -0.25) is 18.8 Å². The van der Waals surface area contributed by atoms with Gasteiger partial charge in [0.2, 0.25) is 0 Å². The van der Waals surface area contributed by atoms with Crippen molar-refractivity contribution in [3.63, 3.8) is 0 Å². The zero-order valence-corrected chi connectivity index (χ0v) is 20.9. The number of hydrogen-bond donors (Lipinski definition) is 1. The van der Waals surface area contributed by atoms with Crippen molar-refractivity contribution < 1.29 is 19.1 Å². The normalized spacial score (nSPS) is 11.2. The van der Waals surface area contributed by atoms with E-state index in [4.69, 9.17) is 4.74 Å². The van der Waals surface area contributed by atoms with Gasteiger partial charge in [0.15, 0.2) is 5.78 Å². The van der Waals surface area contributed by atoms with Crippen LogP contribution in [0.3, 0.4) is 0 Å². The first-order valence-electron chi connectivity index (χ1n) is 12.5. The molecule has 6 aromatic rings. The summed E-state index contributed by atoms with van der Waals surface area (Å²) in [6.45, 7) is 1.83. The molecule has 39 heavy (non-hydrogen) atoms. The summed E-state index contributed by atoms with van der Waals surface area (Å²) in [5.74, 6) is -1.45. The monoisotopic (exact) mass is 514 g/mol. The van der Waals surface area contributed by atoms with Gasteiger partial charge in [-0.15, -0.1) is 0 Å². The molecule has 190 valence electrons. The second-order valence-corrected chi connectivity index (χ2v) is 9.03. The molecule has 2 aromatic heterocycles. The molecule has 0 saturated carbocycles. The average Bonchev–Trinajstić information content (AvgIpc) is 2.97. The van der Waals surface area contributed by atoms with Crippen LogP contribution in [-0.2, 0) is 4.74 Å². The highest BCUT2D eigenvalue weighted by Crippen LogP contribution is 2.40. The molecule has 0 unspecified atom stereocenters. The molecule has 4 aromatic carbocycles. The van der Waals surface area contributed by atoms with Gasteiger partial charge in [-0.1, -0.05) is 66.7 Å². The Balaban J connectivity index is 1.73. The highest BCUT2D eigenvalue weighted by atomic mass is 16.5. The van der Waals surface area contributed by atoms with E-state index in [0.29, 0.717) is 38.2 Å². The van der Waals surface area contributed by atoms with Crippen LogP contribution < -0.4 is 10.9 Å². The molecule has 0 radical (unpaired) electrons. The maximum Gasteiger partial charge on any atom is 0.340 e. The van der Waals surface area contributed by atoms with Crippen LogP contribution in [0, 0.1) is 0 Å². The van der Waals surface area contributed by atoms with Gasteiger partial charge < -0.3 is 10.1 Å². The topological polar surface area (TPSA) is 93.9 Å². The number of esters is 1. The van der Waals surface area contributed by atoms with Crippen molar-refractivity contribution in [2.45, 2.75) is 6.92 Å². The van der Waals surface area contributed by atoms with E-state index in [1.807, 2.05) is 0 Å². The molecule has 1 amide bonds. The molecular formula is C32H22N2O5. The number of hydrogen-bond acceptors (Lipinski definition) is 5. The number of aromatic nitrogens is 1. The Morgan fingerprint density at radius 1 is 0.744 bits per heavy atom. The number of benzene rings is 4. The molecule has 7 nitrogen and oxygen atoms in total. The Hall–Kier alpha value is -5.30. The van der Waals surface area contributed by atoms with Crippen molar-refractivity contribution in [3.8, 4) is 0 Å². The first-order chi connectivity index (χ1) is 19.0. The Bertz CT molecular complexity index is 1960. The van der Waals surface area contributed by atoms with E-state index in [-0.39, 0.29) is 23.4 Å². The van der Waals surface area contributed by atoms with Crippen molar-refractivity contribution in [2.24, 2.45) is 0 Å². The average molecular weight is 515 g/mol. The Morgan fingerprint density at radius 3 is 2.03 bits per heavy atom. The lowest BCUT2D eigenvalue weighted by atomic mass is 9.90. The summed E-state index contributed by atoms with van der Waals surface area (Å²) >= 11 is 0. The Morgan fingerprint density at radius 2 is 1.36 bits per heavy atom. The van der Waals surface area contributed by atoms with Crippen molar-refractivity contribution in [1.82, 2.24) is 4.40 Å². The maximum atomic E-state index is 13.9. The van der Waals surface area contributed by atoms with Crippen molar-refractivity contribution in [1.29, 1.82) is 0 Å².